The van der Waals surface area contributed by atoms with Gasteiger partial charge < -0.3 is 15.8 Å². The van der Waals surface area contributed by atoms with E-state index in [0.717, 1.165) is 11.1 Å². The zero-order valence-electron chi connectivity index (χ0n) is 11.5. The van der Waals surface area contributed by atoms with Gasteiger partial charge in [0.15, 0.2) is 6.04 Å². The molecule has 0 saturated heterocycles. The maximum Gasteiger partial charge on any atom is 0.332 e. The summed E-state index contributed by atoms with van der Waals surface area (Å²) >= 11 is 0. The molecule has 19 heavy (non-hydrogen) atoms. The van der Waals surface area contributed by atoms with E-state index in [9.17, 15) is 9.59 Å². The summed E-state index contributed by atoms with van der Waals surface area (Å²) in [5.74, 6) is -1.24. The molecule has 0 spiro atoms. The second-order valence-electron chi connectivity index (χ2n) is 4.32. The van der Waals surface area contributed by atoms with Gasteiger partial charge in [-0.1, -0.05) is 24.3 Å². The van der Waals surface area contributed by atoms with Crippen LogP contribution in [0.4, 0.5) is 0 Å². The fourth-order valence-corrected chi connectivity index (χ4v) is 1.79. The van der Waals surface area contributed by atoms with E-state index in [4.69, 9.17) is 10.5 Å². The van der Waals surface area contributed by atoms with Crippen LogP contribution in [0.5, 0.6) is 0 Å². The minimum Gasteiger partial charge on any atom is -0.464 e. The molecule has 3 N–H and O–H groups in total. The van der Waals surface area contributed by atoms with Crippen LogP contribution in [0, 0.1) is 6.92 Å². The zero-order chi connectivity index (χ0) is 14.4. The fourth-order valence-electron chi connectivity index (χ4n) is 1.79. The normalized spacial score (nSPS) is 13.5. The molecule has 5 nitrogen and oxygen atoms in total. The van der Waals surface area contributed by atoms with E-state index in [1.54, 1.807) is 6.92 Å². The molecule has 1 amide bonds. The number of hydrogen-bond donors (Lipinski definition) is 2. The van der Waals surface area contributed by atoms with Crippen molar-refractivity contribution < 1.29 is 14.3 Å². The highest BCUT2D eigenvalue weighted by Gasteiger charge is 2.25. The monoisotopic (exact) mass is 264 g/mol. The Hall–Kier alpha value is -1.88. The summed E-state index contributed by atoms with van der Waals surface area (Å²) in [5, 5.41) is 2.71. The molecule has 2 atom stereocenters. The van der Waals surface area contributed by atoms with Crippen LogP contribution in [0.2, 0.25) is 0 Å². The Kier molecular flexibility index (Phi) is 5.51. The Labute approximate surface area is 113 Å². The summed E-state index contributed by atoms with van der Waals surface area (Å²) in [7, 11) is 0. The van der Waals surface area contributed by atoms with Crippen LogP contribution < -0.4 is 11.1 Å². The molecule has 0 aliphatic carbocycles. The first kappa shape index (κ1) is 15.2. The second-order valence-corrected chi connectivity index (χ2v) is 4.32. The Bertz CT molecular complexity index is 460. The number of esters is 1. The topological polar surface area (TPSA) is 81.4 Å². The molecule has 0 heterocycles. The van der Waals surface area contributed by atoms with Crippen molar-refractivity contribution in [1.29, 1.82) is 0 Å². The Balaban J connectivity index is 2.67. The summed E-state index contributed by atoms with van der Waals surface area (Å²) < 4.78 is 4.71. The van der Waals surface area contributed by atoms with Crippen LogP contribution >= 0.6 is 0 Å². The number of hydrogen-bond acceptors (Lipinski definition) is 4. The van der Waals surface area contributed by atoms with E-state index in [1.807, 2.05) is 38.1 Å². The minimum atomic E-state index is -1.29. The van der Waals surface area contributed by atoms with Crippen LogP contribution in [0.25, 0.3) is 0 Å². The SMILES string of the molecule is CCOC(=O)C(N)C(=O)N[C@H](C)c1ccccc1C. The van der Waals surface area contributed by atoms with Gasteiger partial charge in [-0.05, 0) is 31.9 Å². The average molecular weight is 264 g/mol. The van der Waals surface area contributed by atoms with Crippen LogP contribution in [-0.2, 0) is 14.3 Å². The summed E-state index contributed by atoms with van der Waals surface area (Å²) in [6, 6.07) is 6.22. The number of carbonyl (C=O) groups excluding carboxylic acids is 2. The van der Waals surface area contributed by atoms with Gasteiger partial charge in [0.2, 0.25) is 5.91 Å². The number of rotatable bonds is 5. The van der Waals surface area contributed by atoms with Gasteiger partial charge in [0.05, 0.1) is 12.6 Å². The van der Waals surface area contributed by atoms with Crippen molar-refractivity contribution in [3.8, 4) is 0 Å². The smallest absolute Gasteiger partial charge is 0.332 e. The van der Waals surface area contributed by atoms with Gasteiger partial charge in [-0.2, -0.15) is 0 Å². The summed E-state index contributed by atoms with van der Waals surface area (Å²) in [4.78, 5) is 23.2. The first-order chi connectivity index (χ1) is 8.97. The molecule has 1 unspecified atom stereocenters. The largest absolute Gasteiger partial charge is 0.464 e. The van der Waals surface area contributed by atoms with E-state index in [-0.39, 0.29) is 12.6 Å². The highest BCUT2D eigenvalue weighted by Crippen LogP contribution is 2.16. The number of nitrogens with two attached hydrogens (primary N) is 1. The third kappa shape index (κ3) is 4.06. The Morgan fingerprint density at radius 1 is 1.37 bits per heavy atom. The van der Waals surface area contributed by atoms with Crippen LogP contribution in [0.3, 0.4) is 0 Å². The maximum atomic E-state index is 11.8. The molecule has 0 fully saturated rings. The van der Waals surface area contributed by atoms with Crippen molar-refractivity contribution in [3.05, 3.63) is 35.4 Å². The Morgan fingerprint density at radius 2 is 2.00 bits per heavy atom. The molecule has 0 aromatic heterocycles. The van der Waals surface area contributed by atoms with Gasteiger partial charge in [0, 0.05) is 0 Å². The molecule has 1 aromatic carbocycles. The van der Waals surface area contributed by atoms with Gasteiger partial charge in [0.1, 0.15) is 0 Å². The van der Waals surface area contributed by atoms with Crippen molar-refractivity contribution in [2.75, 3.05) is 6.61 Å². The van der Waals surface area contributed by atoms with E-state index in [1.165, 1.54) is 0 Å². The summed E-state index contributed by atoms with van der Waals surface area (Å²) in [6.45, 7) is 5.67. The first-order valence-electron chi connectivity index (χ1n) is 6.25. The molecular formula is C14H20N2O3. The minimum absolute atomic E-state index is 0.202. The lowest BCUT2D eigenvalue weighted by Gasteiger charge is -2.18. The van der Waals surface area contributed by atoms with Gasteiger partial charge in [-0.25, -0.2) is 4.79 Å². The lowest BCUT2D eigenvalue weighted by Crippen LogP contribution is -2.47. The molecule has 0 radical (unpaired) electrons. The molecule has 104 valence electrons. The fraction of sp³-hybridized carbons (Fsp3) is 0.429. The number of amides is 1. The van der Waals surface area contributed by atoms with Crippen LogP contribution in [-0.4, -0.2) is 24.5 Å². The number of benzene rings is 1. The molecule has 0 aliphatic heterocycles. The number of nitrogens with one attached hydrogen (secondary N) is 1. The molecule has 0 bridgehead atoms. The lowest BCUT2D eigenvalue weighted by molar-refractivity contribution is -0.148. The number of aryl methyl sites for hydroxylation is 1. The molecule has 1 rings (SSSR count). The van der Waals surface area contributed by atoms with Gasteiger partial charge in [-0.15, -0.1) is 0 Å². The zero-order valence-corrected chi connectivity index (χ0v) is 11.5. The maximum absolute atomic E-state index is 11.8. The molecule has 5 heteroatoms. The van der Waals surface area contributed by atoms with Gasteiger partial charge >= 0.3 is 5.97 Å². The highest BCUT2D eigenvalue weighted by molar-refractivity contribution is 6.01. The van der Waals surface area contributed by atoms with Crippen LogP contribution in [0.15, 0.2) is 24.3 Å². The third-order valence-electron chi connectivity index (χ3n) is 2.84. The lowest BCUT2D eigenvalue weighted by atomic mass is 10.0. The van der Waals surface area contributed by atoms with E-state index < -0.39 is 17.9 Å². The second kappa shape index (κ2) is 6.89. The predicted molar refractivity (Wildman–Crippen MR) is 72.3 cm³/mol. The molecular weight excluding hydrogens is 244 g/mol. The predicted octanol–water partition coefficient (Wildman–Crippen LogP) is 1.06. The van der Waals surface area contributed by atoms with Crippen molar-refractivity contribution in [2.24, 2.45) is 5.73 Å². The third-order valence-corrected chi connectivity index (χ3v) is 2.84. The number of carbonyl (C=O) groups is 2. The Morgan fingerprint density at radius 3 is 2.58 bits per heavy atom. The standard InChI is InChI=1S/C14H20N2O3/c1-4-19-14(18)12(15)13(17)16-10(3)11-8-6-5-7-9(11)2/h5-8,10,12H,4,15H2,1-3H3,(H,16,17)/t10-,12?/m1/s1. The van der Waals surface area contributed by atoms with Crippen molar-refractivity contribution in [2.45, 2.75) is 32.9 Å². The average Bonchev–Trinajstić information content (AvgIpc) is 2.38. The summed E-state index contributed by atoms with van der Waals surface area (Å²) in [5.41, 5.74) is 7.59. The highest BCUT2D eigenvalue weighted by atomic mass is 16.5. The molecule has 0 saturated carbocycles. The van der Waals surface area contributed by atoms with E-state index in [0.29, 0.717) is 0 Å². The van der Waals surface area contributed by atoms with Crippen LogP contribution in [0.1, 0.15) is 31.0 Å². The quantitative estimate of drug-likeness (QED) is 0.615. The molecule has 1 aromatic rings. The van der Waals surface area contributed by atoms with Crippen molar-refractivity contribution in [1.82, 2.24) is 5.32 Å². The van der Waals surface area contributed by atoms with Gasteiger partial charge in [-0.3, -0.25) is 4.79 Å². The molecule has 0 aliphatic rings. The summed E-state index contributed by atoms with van der Waals surface area (Å²) in [6.07, 6.45) is 0. The van der Waals surface area contributed by atoms with E-state index in [2.05, 4.69) is 5.32 Å². The number of ether oxygens (including phenoxy) is 1. The van der Waals surface area contributed by atoms with Gasteiger partial charge in [0.25, 0.3) is 0 Å². The first-order valence-corrected chi connectivity index (χ1v) is 6.25. The van der Waals surface area contributed by atoms with E-state index >= 15 is 0 Å². The van der Waals surface area contributed by atoms with Crippen molar-refractivity contribution in [3.63, 3.8) is 0 Å². The van der Waals surface area contributed by atoms with Crippen molar-refractivity contribution >= 4 is 11.9 Å².